The maximum Gasteiger partial charge on any atom is 0.318 e. The van der Waals surface area contributed by atoms with Crippen LogP contribution in [0.25, 0.3) is 0 Å². The lowest BCUT2D eigenvalue weighted by molar-refractivity contribution is -0.157. The van der Waals surface area contributed by atoms with Gasteiger partial charge in [-0.1, -0.05) is 15.9 Å². The van der Waals surface area contributed by atoms with Crippen LogP contribution in [0.4, 0.5) is 0 Å². The molecular formula is C14H18BrNO4. The fourth-order valence-corrected chi connectivity index (χ4v) is 2.07. The molecule has 110 valence electrons. The minimum absolute atomic E-state index is 0.299. The van der Waals surface area contributed by atoms with Crippen molar-refractivity contribution >= 4 is 27.8 Å². The SMILES string of the molecule is COc1ccc(Br)c(CN(C)C(=O)C(C)(C)C(=O)O)c1. The molecule has 1 aromatic rings. The van der Waals surface area contributed by atoms with Crippen LogP contribution in [0.1, 0.15) is 19.4 Å². The molecule has 0 aromatic heterocycles. The fraction of sp³-hybridized carbons (Fsp3) is 0.429. The molecule has 0 radical (unpaired) electrons. The molecule has 0 aliphatic heterocycles. The summed E-state index contributed by atoms with van der Waals surface area (Å²) in [6.45, 7) is 3.09. The van der Waals surface area contributed by atoms with Crippen LogP contribution >= 0.6 is 15.9 Å². The summed E-state index contributed by atoms with van der Waals surface area (Å²) in [6.07, 6.45) is 0. The highest BCUT2D eigenvalue weighted by Gasteiger charge is 2.38. The largest absolute Gasteiger partial charge is 0.497 e. The zero-order valence-electron chi connectivity index (χ0n) is 11.9. The monoisotopic (exact) mass is 343 g/mol. The lowest BCUT2D eigenvalue weighted by Gasteiger charge is -2.26. The Morgan fingerprint density at radius 2 is 2.00 bits per heavy atom. The Hall–Kier alpha value is -1.56. The quantitative estimate of drug-likeness (QED) is 0.834. The summed E-state index contributed by atoms with van der Waals surface area (Å²) in [5, 5.41) is 9.09. The molecule has 0 atom stereocenters. The second-order valence-electron chi connectivity index (χ2n) is 5.05. The second-order valence-corrected chi connectivity index (χ2v) is 5.90. The molecule has 0 aliphatic carbocycles. The van der Waals surface area contributed by atoms with E-state index in [-0.39, 0.29) is 0 Å². The van der Waals surface area contributed by atoms with Crippen molar-refractivity contribution in [2.45, 2.75) is 20.4 Å². The first-order valence-electron chi connectivity index (χ1n) is 6.01. The number of carbonyl (C=O) groups is 2. The first-order chi connectivity index (χ1) is 9.20. The van der Waals surface area contributed by atoms with Crippen LogP contribution in [-0.2, 0) is 16.1 Å². The zero-order valence-corrected chi connectivity index (χ0v) is 13.5. The molecule has 1 amide bonds. The molecule has 1 aromatic carbocycles. The number of carbonyl (C=O) groups excluding carboxylic acids is 1. The summed E-state index contributed by atoms with van der Waals surface area (Å²) in [5.41, 5.74) is -0.596. The van der Waals surface area contributed by atoms with Crippen molar-refractivity contribution in [3.05, 3.63) is 28.2 Å². The summed E-state index contributed by atoms with van der Waals surface area (Å²) in [5.74, 6) is -0.902. The highest BCUT2D eigenvalue weighted by atomic mass is 79.9. The molecule has 0 saturated heterocycles. The topological polar surface area (TPSA) is 66.8 Å². The van der Waals surface area contributed by atoms with Crippen molar-refractivity contribution < 1.29 is 19.4 Å². The second kappa shape index (κ2) is 6.26. The van der Waals surface area contributed by atoms with Crippen molar-refractivity contribution in [3.8, 4) is 5.75 Å². The Balaban J connectivity index is 2.93. The van der Waals surface area contributed by atoms with Gasteiger partial charge in [0, 0.05) is 18.1 Å². The molecule has 0 spiro atoms. The average Bonchev–Trinajstić information content (AvgIpc) is 2.39. The molecule has 0 heterocycles. The summed E-state index contributed by atoms with van der Waals surface area (Å²) < 4.78 is 5.98. The van der Waals surface area contributed by atoms with E-state index in [1.165, 1.54) is 18.7 Å². The molecule has 0 bridgehead atoms. The maximum atomic E-state index is 12.2. The Bertz CT molecular complexity index is 528. The van der Waals surface area contributed by atoms with E-state index in [0.717, 1.165) is 10.0 Å². The number of hydrogen-bond acceptors (Lipinski definition) is 3. The number of benzene rings is 1. The van der Waals surface area contributed by atoms with E-state index < -0.39 is 17.3 Å². The van der Waals surface area contributed by atoms with Gasteiger partial charge in [-0.2, -0.15) is 0 Å². The third-order valence-corrected chi connectivity index (χ3v) is 3.85. The first kappa shape index (κ1) is 16.5. The van der Waals surface area contributed by atoms with Gasteiger partial charge in [-0.3, -0.25) is 9.59 Å². The van der Waals surface area contributed by atoms with Gasteiger partial charge in [-0.15, -0.1) is 0 Å². The molecule has 1 N–H and O–H groups in total. The molecular weight excluding hydrogens is 326 g/mol. The van der Waals surface area contributed by atoms with E-state index in [0.29, 0.717) is 12.3 Å². The van der Waals surface area contributed by atoms with Gasteiger partial charge < -0.3 is 14.7 Å². The lowest BCUT2D eigenvalue weighted by Crippen LogP contribution is -2.43. The number of amides is 1. The number of nitrogens with zero attached hydrogens (tertiary/aromatic N) is 1. The number of carboxylic acid groups (broad SMARTS) is 1. The molecule has 0 fully saturated rings. The summed E-state index contributed by atoms with van der Waals surface area (Å²) in [7, 11) is 3.15. The van der Waals surface area contributed by atoms with E-state index in [9.17, 15) is 9.59 Å². The Morgan fingerprint density at radius 1 is 1.40 bits per heavy atom. The summed E-state index contributed by atoms with van der Waals surface area (Å²) >= 11 is 3.41. The van der Waals surface area contributed by atoms with E-state index in [4.69, 9.17) is 9.84 Å². The highest BCUT2D eigenvalue weighted by Crippen LogP contribution is 2.25. The fourth-order valence-electron chi connectivity index (χ4n) is 1.70. The minimum atomic E-state index is -1.44. The van der Waals surface area contributed by atoms with Gasteiger partial charge in [-0.05, 0) is 37.6 Å². The van der Waals surface area contributed by atoms with Gasteiger partial charge in [0.05, 0.1) is 7.11 Å². The molecule has 0 saturated carbocycles. The average molecular weight is 344 g/mol. The van der Waals surface area contributed by atoms with Gasteiger partial charge in [0.2, 0.25) is 5.91 Å². The van der Waals surface area contributed by atoms with Gasteiger partial charge in [0.15, 0.2) is 0 Å². The van der Waals surface area contributed by atoms with E-state index in [1.807, 2.05) is 12.1 Å². The number of halogens is 1. The number of methoxy groups -OCH3 is 1. The van der Waals surface area contributed by atoms with Crippen LogP contribution in [-0.4, -0.2) is 36.0 Å². The summed E-state index contributed by atoms with van der Waals surface area (Å²) in [4.78, 5) is 24.7. The number of rotatable bonds is 5. The predicted octanol–water partition coefficient (Wildman–Crippen LogP) is 2.53. The first-order valence-corrected chi connectivity index (χ1v) is 6.80. The smallest absolute Gasteiger partial charge is 0.318 e. The van der Waals surface area contributed by atoms with Crippen LogP contribution in [0, 0.1) is 5.41 Å². The van der Waals surface area contributed by atoms with Crippen molar-refractivity contribution in [3.63, 3.8) is 0 Å². The maximum absolute atomic E-state index is 12.2. The molecule has 6 heteroatoms. The van der Waals surface area contributed by atoms with Crippen molar-refractivity contribution in [2.24, 2.45) is 5.41 Å². The van der Waals surface area contributed by atoms with E-state index in [2.05, 4.69) is 15.9 Å². The molecule has 0 aliphatic rings. The standard InChI is InChI=1S/C14H18BrNO4/c1-14(2,13(18)19)12(17)16(3)8-9-7-10(20-4)5-6-11(9)15/h5-7H,8H2,1-4H3,(H,18,19). The number of carboxylic acids is 1. The van der Waals surface area contributed by atoms with Crippen LogP contribution in [0.15, 0.2) is 22.7 Å². The molecule has 20 heavy (non-hydrogen) atoms. The van der Waals surface area contributed by atoms with Crippen molar-refractivity contribution in [1.82, 2.24) is 4.90 Å². The van der Waals surface area contributed by atoms with Crippen molar-refractivity contribution in [1.29, 1.82) is 0 Å². The number of hydrogen-bond donors (Lipinski definition) is 1. The molecule has 0 unspecified atom stereocenters. The normalized spacial score (nSPS) is 11.1. The summed E-state index contributed by atoms with van der Waals surface area (Å²) in [6, 6.07) is 5.44. The van der Waals surface area contributed by atoms with Gasteiger partial charge >= 0.3 is 5.97 Å². The predicted molar refractivity (Wildman–Crippen MR) is 78.6 cm³/mol. The molecule has 1 rings (SSSR count). The van der Waals surface area contributed by atoms with E-state index >= 15 is 0 Å². The molecule has 5 nitrogen and oxygen atoms in total. The zero-order chi connectivity index (χ0) is 15.5. The third kappa shape index (κ3) is 3.50. The Morgan fingerprint density at radius 3 is 2.50 bits per heavy atom. The lowest BCUT2D eigenvalue weighted by atomic mass is 9.92. The van der Waals surface area contributed by atoms with Crippen LogP contribution in [0.3, 0.4) is 0 Å². The van der Waals surface area contributed by atoms with Crippen LogP contribution < -0.4 is 4.74 Å². The number of ether oxygens (including phenoxy) is 1. The number of aliphatic carboxylic acids is 1. The van der Waals surface area contributed by atoms with Gasteiger partial charge in [0.25, 0.3) is 0 Å². The van der Waals surface area contributed by atoms with Crippen LogP contribution in [0.5, 0.6) is 5.75 Å². The Labute approximate surface area is 126 Å². The van der Waals surface area contributed by atoms with Gasteiger partial charge in [-0.25, -0.2) is 0 Å². The van der Waals surface area contributed by atoms with Crippen LogP contribution in [0.2, 0.25) is 0 Å². The highest BCUT2D eigenvalue weighted by molar-refractivity contribution is 9.10. The Kier molecular flexibility index (Phi) is 5.16. The third-order valence-electron chi connectivity index (χ3n) is 3.08. The van der Waals surface area contributed by atoms with E-state index in [1.54, 1.807) is 20.2 Å². The minimum Gasteiger partial charge on any atom is -0.497 e. The van der Waals surface area contributed by atoms with Crippen molar-refractivity contribution in [2.75, 3.05) is 14.2 Å². The van der Waals surface area contributed by atoms with Gasteiger partial charge in [0.1, 0.15) is 11.2 Å².